The minimum atomic E-state index is 0. The average Bonchev–Trinajstić information content (AvgIpc) is 2.69. The van der Waals surface area contributed by atoms with Crippen LogP contribution >= 0.6 is 0 Å². The summed E-state index contributed by atoms with van der Waals surface area (Å²) in [7, 11) is 0. The van der Waals surface area contributed by atoms with Crippen molar-refractivity contribution in [3.8, 4) is 12.3 Å². The molecule has 1 aliphatic carbocycles. The molecule has 146 valence electrons. The van der Waals surface area contributed by atoms with Crippen LogP contribution in [-0.2, 0) is 9.53 Å². The van der Waals surface area contributed by atoms with Crippen LogP contribution in [0.2, 0.25) is 0 Å². The molecule has 2 atom stereocenters. The summed E-state index contributed by atoms with van der Waals surface area (Å²) >= 11 is 0. The molecule has 2 aliphatic rings. The van der Waals surface area contributed by atoms with E-state index in [-0.39, 0.29) is 22.3 Å². The van der Waals surface area contributed by atoms with Crippen LogP contribution in [0, 0.1) is 24.2 Å². The fourth-order valence-corrected chi connectivity index (χ4v) is 4.75. The Hall–Kier alpha value is -1.75. The predicted molar refractivity (Wildman–Crippen MR) is 112 cm³/mol. The van der Waals surface area contributed by atoms with Crippen molar-refractivity contribution in [1.82, 2.24) is 0 Å². The first-order chi connectivity index (χ1) is 12.7. The fraction of sp³-hybridized carbons (Fsp3) is 0.625. The van der Waals surface area contributed by atoms with Crippen molar-refractivity contribution in [2.45, 2.75) is 83.2 Å². The van der Waals surface area contributed by atoms with Crippen molar-refractivity contribution in [2.75, 3.05) is 0 Å². The lowest BCUT2D eigenvalue weighted by Crippen LogP contribution is -2.36. The Morgan fingerprint density at radius 3 is 2.42 bits per heavy atom. The Kier molecular flexibility index (Phi) is 6.78. The molecule has 0 N–H and O–H groups in total. The van der Waals surface area contributed by atoms with Crippen LogP contribution in [0.3, 0.4) is 0 Å². The van der Waals surface area contributed by atoms with Gasteiger partial charge in [-0.15, -0.1) is 6.42 Å². The van der Waals surface area contributed by atoms with Gasteiger partial charge in [0.1, 0.15) is 6.10 Å². The van der Waals surface area contributed by atoms with E-state index in [2.05, 4.69) is 25.0 Å². The van der Waals surface area contributed by atoms with E-state index >= 15 is 0 Å². The van der Waals surface area contributed by atoms with E-state index in [4.69, 9.17) is 11.2 Å². The lowest BCUT2D eigenvalue weighted by atomic mass is 9.72. The number of hydrogen-bond donors (Lipinski definition) is 0. The summed E-state index contributed by atoms with van der Waals surface area (Å²) in [5, 5.41) is 0. The standard InChI is InChI=1S/C24H32O2.3H2/c1-3-5-6-7-22-16-17-23(24(25)26-22)21-14-12-20(13-15-21)19-10-8-18(4-2)9-11-19;;;/h2,8-11,20-23H,3,5-7,12-17H2,1H3;3*1H. The minimum Gasteiger partial charge on any atom is -0.462 e. The molecular formula is C24H38O2. The Bertz CT molecular complexity index is 631. The quantitative estimate of drug-likeness (QED) is 0.326. The normalized spacial score (nSPS) is 29.0. The molecule has 1 aliphatic heterocycles. The second kappa shape index (κ2) is 9.26. The van der Waals surface area contributed by atoms with Gasteiger partial charge in [-0.3, -0.25) is 4.79 Å². The molecule has 1 heterocycles. The number of cyclic esters (lactones) is 1. The van der Waals surface area contributed by atoms with Crippen molar-refractivity contribution in [3.05, 3.63) is 35.4 Å². The minimum absolute atomic E-state index is 0. The highest BCUT2D eigenvalue weighted by atomic mass is 16.5. The first-order valence-electron chi connectivity index (χ1n) is 10.5. The van der Waals surface area contributed by atoms with E-state index in [1.165, 1.54) is 37.7 Å². The maximum atomic E-state index is 12.5. The SMILES string of the molecule is C#Cc1ccc(C2CCC(C3CCC(CCCCC)OC3=O)CC2)cc1.[HH].[HH].[HH]. The highest BCUT2D eigenvalue weighted by Gasteiger charge is 2.37. The topological polar surface area (TPSA) is 26.3 Å². The van der Waals surface area contributed by atoms with Crippen molar-refractivity contribution in [2.24, 2.45) is 11.8 Å². The van der Waals surface area contributed by atoms with Crippen LogP contribution in [0.4, 0.5) is 0 Å². The van der Waals surface area contributed by atoms with Crippen molar-refractivity contribution < 1.29 is 13.8 Å². The zero-order chi connectivity index (χ0) is 18.4. The van der Waals surface area contributed by atoms with Crippen LogP contribution in [0.15, 0.2) is 24.3 Å². The Labute approximate surface area is 163 Å². The number of carbonyl (C=O) groups is 1. The first kappa shape index (κ1) is 19.0. The van der Waals surface area contributed by atoms with Crippen LogP contribution in [0.5, 0.6) is 0 Å². The Morgan fingerprint density at radius 2 is 1.81 bits per heavy atom. The van der Waals surface area contributed by atoms with E-state index in [9.17, 15) is 4.79 Å². The van der Waals surface area contributed by atoms with Crippen LogP contribution < -0.4 is 0 Å². The molecule has 2 heteroatoms. The molecule has 1 aromatic carbocycles. The molecular weight excluding hydrogens is 320 g/mol. The largest absolute Gasteiger partial charge is 0.462 e. The number of rotatable bonds is 6. The molecule has 1 aromatic rings. The van der Waals surface area contributed by atoms with Gasteiger partial charge < -0.3 is 4.74 Å². The molecule has 0 aromatic heterocycles. The molecule has 2 fully saturated rings. The fourth-order valence-electron chi connectivity index (χ4n) is 4.75. The van der Waals surface area contributed by atoms with Gasteiger partial charge in [0, 0.05) is 9.84 Å². The van der Waals surface area contributed by atoms with Gasteiger partial charge in [-0.1, -0.05) is 37.8 Å². The van der Waals surface area contributed by atoms with Gasteiger partial charge >= 0.3 is 5.97 Å². The molecule has 1 saturated heterocycles. The van der Waals surface area contributed by atoms with Crippen LogP contribution in [0.25, 0.3) is 0 Å². The van der Waals surface area contributed by atoms with Gasteiger partial charge in [-0.25, -0.2) is 0 Å². The van der Waals surface area contributed by atoms with E-state index in [1.807, 2.05) is 12.1 Å². The summed E-state index contributed by atoms with van der Waals surface area (Å²) in [5.41, 5.74) is 2.34. The van der Waals surface area contributed by atoms with E-state index in [0.717, 1.165) is 37.7 Å². The molecule has 26 heavy (non-hydrogen) atoms. The number of unbranched alkanes of at least 4 members (excludes halogenated alkanes) is 2. The molecule has 0 amide bonds. The summed E-state index contributed by atoms with van der Waals surface area (Å²) in [6.45, 7) is 2.21. The monoisotopic (exact) mass is 358 g/mol. The number of esters is 1. The predicted octanol–water partition coefficient (Wildman–Crippen LogP) is 6.58. The number of carbonyl (C=O) groups excluding carboxylic acids is 1. The second-order valence-electron chi connectivity index (χ2n) is 8.12. The summed E-state index contributed by atoms with van der Waals surface area (Å²) in [6.07, 6.45) is 17.0. The molecule has 0 bridgehead atoms. The smallest absolute Gasteiger partial charge is 0.309 e. The molecule has 2 nitrogen and oxygen atoms in total. The highest BCUT2D eigenvalue weighted by molar-refractivity contribution is 5.73. The third kappa shape index (κ3) is 4.70. The van der Waals surface area contributed by atoms with Gasteiger partial charge in [0.15, 0.2) is 0 Å². The van der Waals surface area contributed by atoms with E-state index in [0.29, 0.717) is 11.8 Å². The van der Waals surface area contributed by atoms with Gasteiger partial charge in [0.05, 0.1) is 5.92 Å². The molecule has 3 rings (SSSR count). The summed E-state index contributed by atoms with van der Waals surface area (Å²) < 4.78 is 5.78. The number of ether oxygens (including phenoxy) is 1. The van der Waals surface area contributed by atoms with Crippen LogP contribution in [-0.4, -0.2) is 12.1 Å². The lowest BCUT2D eigenvalue weighted by Gasteiger charge is -2.36. The Balaban J connectivity index is 0.00000261. The average molecular weight is 359 g/mol. The molecule has 0 spiro atoms. The number of terminal acetylenes is 1. The summed E-state index contributed by atoms with van der Waals surface area (Å²) in [4.78, 5) is 12.5. The molecule has 2 unspecified atom stereocenters. The van der Waals surface area contributed by atoms with Gasteiger partial charge in [-0.05, 0) is 80.9 Å². The van der Waals surface area contributed by atoms with Crippen molar-refractivity contribution >= 4 is 5.97 Å². The zero-order valence-corrected chi connectivity index (χ0v) is 16.1. The van der Waals surface area contributed by atoms with Gasteiger partial charge in [0.25, 0.3) is 0 Å². The maximum absolute atomic E-state index is 12.5. The first-order valence-corrected chi connectivity index (χ1v) is 10.5. The van der Waals surface area contributed by atoms with Crippen molar-refractivity contribution in [3.63, 3.8) is 0 Å². The second-order valence-corrected chi connectivity index (χ2v) is 8.12. The maximum Gasteiger partial charge on any atom is 0.309 e. The molecule has 1 saturated carbocycles. The zero-order valence-electron chi connectivity index (χ0n) is 16.1. The van der Waals surface area contributed by atoms with Gasteiger partial charge in [-0.2, -0.15) is 0 Å². The van der Waals surface area contributed by atoms with Crippen molar-refractivity contribution in [1.29, 1.82) is 0 Å². The van der Waals surface area contributed by atoms with Gasteiger partial charge in [0.2, 0.25) is 0 Å². The third-order valence-electron chi connectivity index (χ3n) is 6.40. The summed E-state index contributed by atoms with van der Waals surface area (Å²) in [6, 6.07) is 8.43. The van der Waals surface area contributed by atoms with Crippen LogP contribution in [0.1, 0.15) is 92.5 Å². The van der Waals surface area contributed by atoms with E-state index < -0.39 is 0 Å². The number of benzene rings is 1. The lowest BCUT2D eigenvalue weighted by molar-refractivity contribution is -0.164. The number of hydrogen-bond acceptors (Lipinski definition) is 2. The summed E-state index contributed by atoms with van der Waals surface area (Å²) in [5.74, 6) is 4.03. The van der Waals surface area contributed by atoms with E-state index in [1.54, 1.807) is 0 Å². The highest BCUT2D eigenvalue weighted by Crippen LogP contribution is 2.42. The molecule has 0 radical (unpaired) electrons. The third-order valence-corrected chi connectivity index (χ3v) is 6.40. The Morgan fingerprint density at radius 1 is 1.08 bits per heavy atom.